The van der Waals surface area contributed by atoms with Crippen molar-refractivity contribution in [1.29, 1.82) is 0 Å². The van der Waals surface area contributed by atoms with Gasteiger partial charge in [-0.25, -0.2) is 0 Å². The van der Waals surface area contributed by atoms with Gasteiger partial charge in [-0.05, 0) is 26.2 Å². The summed E-state index contributed by atoms with van der Waals surface area (Å²) < 4.78 is 0. The second-order valence-electron chi connectivity index (χ2n) is 3.08. The summed E-state index contributed by atoms with van der Waals surface area (Å²) in [6.07, 6.45) is 9.81. The summed E-state index contributed by atoms with van der Waals surface area (Å²) in [6.45, 7) is 4.45. The van der Waals surface area contributed by atoms with Crippen LogP contribution in [0.3, 0.4) is 0 Å². The summed E-state index contributed by atoms with van der Waals surface area (Å²) in [7, 11) is 0. The molecule has 0 unspecified atom stereocenters. The molecule has 1 aliphatic rings. The maximum atomic E-state index is 2.35. The normalized spacial score (nSPS) is 15.5. The Morgan fingerprint density at radius 3 is 2.64 bits per heavy atom. The summed E-state index contributed by atoms with van der Waals surface area (Å²) in [6, 6.07) is 0. The van der Waals surface area contributed by atoms with Crippen molar-refractivity contribution in [3.63, 3.8) is 0 Å². The first kappa shape index (κ1) is 10.5. The Morgan fingerprint density at radius 1 is 1.45 bits per heavy atom. The molecule has 0 aromatic carbocycles. The Balaban J connectivity index is 0.000001000. The molecular formula is C11H20. The number of unbranched alkanes of at least 4 members (excludes halogenated alkanes) is 1. The molecule has 0 nitrogen and oxygen atoms in total. The highest BCUT2D eigenvalue weighted by Gasteiger charge is 2.00. The van der Waals surface area contributed by atoms with Crippen molar-refractivity contribution >= 4 is 0 Å². The lowest BCUT2D eigenvalue weighted by Crippen LogP contribution is -1.74. The minimum atomic E-state index is 0. The van der Waals surface area contributed by atoms with Gasteiger partial charge in [-0.2, -0.15) is 0 Å². The molecule has 0 N–H and O–H groups in total. The van der Waals surface area contributed by atoms with Crippen molar-refractivity contribution in [2.45, 2.75) is 47.0 Å². The lowest BCUT2D eigenvalue weighted by Gasteiger charge is -1.94. The first-order chi connectivity index (χ1) is 4.83. The second kappa shape index (κ2) is 5.17. The molecule has 0 saturated carbocycles. The van der Waals surface area contributed by atoms with Gasteiger partial charge < -0.3 is 0 Å². The Hall–Kier alpha value is -0.520. The molecule has 0 aliphatic heterocycles. The summed E-state index contributed by atoms with van der Waals surface area (Å²) in [4.78, 5) is 0. The van der Waals surface area contributed by atoms with Crippen LogP contribution in [0.15, 0.2) is 23.3 Å². The Kier molecular flexibility index (Phi) is 4.93. The smallest absolute Gasteiger partial charge is 0.0133 e. The molecule has 0 heterocycles. The van der Waals surface area contributed by atoms with Gasteiger partial charge >= 0.3 is 0 Å². The van der Waals surface area contributed by atoms with E-state index < -0.39 is 0 Å². The fourth-order valence-corrected chi connectivity index (χ4v) is 1.28. The highest BCUT2D eigenvalue weighted by atomic mass is 14.1. The van der Waals surface area contributed by atoms with E-state index in [1.165, 1.54) is 31.3 Å². The fraction of sp³-hybridized carbons (Fsp3) is 0.636. The van der Waals surface area contributed by atoms with Crippen LogP contribution in [0, 0.1) is 0 Å². The highest BCUT2D eigenvalue weighted by Crippen LogP contribution is 2.20. The van der Waals surface area contributed by atoms with Crippen LogP contribution in [-0.2, 0) is 0 Å². The Morgan fingerprint density at radius 2 is 2.18 bits per heavy atom. The third-order valence-corrected chi connectivity index (χ3v) is 1.94. The number of hydrogen-bond donors (Lipinski definition) is 0. The molecule has 11 heavy (non-hydrogen) atoms. The zero-order valence-electron chi connectivity index (χ0n) is 6.98. The minimum absolute atomic E-state index is 0. The molecule has 1 aliphatic carbocycles. The lowest BCUT2D eigenvalue weighted by atomic mass is 10.1. The molecule has 0 fully saturated rings. The van der Waals surface area contributed by atoms with Crippen LogP contribution in [0.1, 0.15) is 47.0 Å². The maximum Gasteiger partial charge on any atom is -0.0133 e. The molecule has 0 radical (unpaired) electrons. The molecule has 0 aromatic rings. The predicted molar refractivity (Wildman–Crippen MR) is 52.7 cm³/mol. The molecule has 0 heteroatoms. The Bertz CT molecular complexity index is 161. The van der Waals surface area contributed by atoms with Crippen LogP contribution in [-0.4, -0.2) is 0 Å². The molecular weight excluding hydrogens is 132 g/mol. The van der Waals surface area contributed by atoms with Crippen LogP contribution in [0.2, 0.25) is 0 Å². The number of rotatable bonds is 3. The molecule has 0 atom stereocenters. The molecule has 0 bridgehead atoms. The van der Waals surface area contributed by atoms with Gasteiger partial charge in [0.2, 0.25) is 0 Å². The summed E-state index contributed by atoms with van der Waals surface area (Å²) in [5.41, 5.74) is 3.07. The van der Waals surface area contributed by atoms with E-state index in [1.54, 1.807) is 5.57 Å². The van der Waals surface area contributed by atoms with E-state index in [0.29, 0.717) is 0 Å². The monoisotopic (exact) mass is 152 g/mol. The van der Waals surface area contributed by atoms with Crippen molar-refractivity contribution in [2.75, 3.05) is 0 Å². The minimum Gasteiger partial charge on any atom is -0.0776 e. The van der Waals surface area contributed by atoms with E-state index in [4.69, 9.17) is 0 Å². The van der Waals surface area contributed by atoms with Crippen molar-refractivity contribution in [1.82, 2.24) is 0 Å². The van der Waals surface area contributed by atoms with E-state index in [-0.39, 0.29) is 7.43 Å². The van der Waals surface area contributed by atoms with Gasteiger partial charge in [-0.3, -0.25) is 0 Å². The first-order valence-electron chi connectivity index (χ1n) is 4.19. The van der Waals surface area contributed by atoms with Crippen LogP contribution in [0.5, 0.6) is 0 Å². The topological polar surface area (TPSA) is 0 Å². The van der Waals surface area contributed by atoms with Crippen LogP contribution in [0.25, 0.3) is 0 Å². The third kappa shape index (κ3) is 3.41. The van der Waals surface area contributed by atoms with Gasteiger partial charge in [0.05, 0.1) is 0 Å². The molecule has 0 spiro atoms. The Labute approximate surface area is 71.0 Å². The zero-order valence-corrected chi connectivity index (χ0v) is 6.98. The van der Waals surface area contributed by atoms with Crippen molar-refractivity contribution in [3.8, 4) is 0 Å². The van der Waals surface area contributed by atoms with Crippen LogP contribution >= 0.6 is 0 Å². The quantitative estimate of drug-likeness (QED) is 0.571. The van der Waals surface area contributed by atoms with E-state index >= 15 is 0 Å². The molecule has 0 saturated heterocycles. The van der Waals surface area contributed by atoms with E-state index in [9.17, 15) is 0 Å². The van der Waals surface area contributed by atoms with Crippen LogP contribution in [0.4, 0.5) is 0 Å². The van der Waals surface area contributed by atoms with Gasteiger partial charge in [-0.1, -0.05) is 44.1 Å². The largest absolute Gasteiger partial charge is 0.0776 e. The summed E-state index contributed by atoms with van der Waals surface area (Å²) >= 11 is 0. The predicted octanol–water partition coefficient (Wildman–Crippen LogP) is 4.09. The van der Waals surface area contributed by atoms with Crippen LogP contribution < -0.4 is 0 Å². The first-order valence-corrected chi connectivity index (χ1v) is 4.19. The SMILES string of the molecule is C.CCCCC1=CCC(C)=C1. The average molecular weight is 152 g/mol. The third-order valence-electron chi connectivity index (χ3n) is 1.94. The van der Waals surface area contributed by atoms with Crippen molar-refractivity contribution in [2.24, 2.45) is 0 Å². The van der Waals surface area contributed by atoms with Gasteiger partial charge in [0.25, 0.3) is 0 Å². The van der Waals surface area contributed by atoms with Gasteiger partial charge in [-0.15, -0.1) is 0 Å². The average Bonchev–Trinajstić information content (AvgIpc) is 2.31. The highest BCUT2D eigenvalue weighted by molar-refractivity contribution is 5.31. The van der Waals surface area contributed by atoms with E-state index in [0.717, 1.165) is 0 Å². The molecule has 64 valence electrons. The summed E-state index contributed by atoms with van der Waals surface area (Å²) in [5.74, 6) is 0. The zero-order chi connectivity index (χ0) is 7.40. The second-order valence-corrected chi connectivity index (χ2v) is 3.08. The standard InChI is InChI=1S/C10H16.CH4/c1-3-4-5-10-7-6-9(2)8-10;/h7-8H,3-6H2,1-2H3;1H4. The summed E-state index contributed by atoms with van der Waals surface area (Å²) in [5, 5.41) is 0. The van der Waals surface area contributed by atoms with E-state index in [2.05, 4.69) is 26.0 Å². The molecule has 1 rings (SSSR count). The van der Waals surface area contributed by atoms with Gasteiger partial charge in [0, 0.05) is 0 Å². The molecule has 0 aromatic heterocycles. The van der Waals surface area contributed by atoms with Crippen molar-refractivity contribution < 1.29 is 0 Å². The van der Waals surface area contributed by atoms with E-state index in [1.807, 2.05) is 0 Å². The molecule has 0 amide bonds. The fourth-order valence-electron chi connectivity index (χ4n) is 1.28. The number of hydrogen-bond acceptors (Lipinski definition) is 0. The van der Waals surface area contributed by atoms with Crippen molar-refractivity contribution in [3.05, 3.63) is 23.3 Å². The lowest BCUT2D eigenvalue weighted by molar-refractivity contribution is 0.798. The maximum absolute atomic E-state index is 2.35. The van der Waals surface area contributed by atoms with Gasteiger partial charge in [0.15, 0.2) is 0 Å². The number of allylic oxidation sites excluding steroid dienone is 4. The van der Waals surface area contributed by atoms with Gasteiger partial charge in [0.1, 0.15) is 0 Å².